The lowest BCUT2D eigenvalue weighted by molar-refractivity contribution is 0.820. The van der Waals surface area contributed by atoms with Gasteiger partial charge in [0.05, 0.1) is 6.54 Å². The molecule has 2 N–H and O–H groups in total. The van der Waals surface area contributed by atoms with Gasteiger partial charge in [-0.15, -0.1) is 0 Å². The third-order valence-corrected chi connectivity index (χ3v) is 2.48. The van der Waals surface area contributed by atoms with Gasteiger partial charge in [0.2, 0.25) is 5.95 Å². The summed E-state index contributed by atoms with van der Waals surface area (Å²) in [4.78, 5) is 18.1. The van der Waals surface area contributed by atoms with Crippen LogP contribution in [0.15, 0.2) is 18.5 Å². The van der Waals surface area contributed by atoms with Crippen LogP contribution in [0.1, 0.15) is 18.4 Å². The van der Waals surface area contributed by atoms with Crippen LogP contribution in [-0.2, 0) is 6.54 Å². The van der Waals surface area contributed by atoms with Crippen LogP contribution in [-0.4, -0.2) is 33.5 Å². The molecular formula is C12H18N6. The maximum absolute atomic E-state index is 4.43. The number of hydrogen-bond donors (Lipinski definition) is 2. The zero-order chi connectivity index (χ0) is 13.0. The fraction of sp³-hybridized carbons (Fsp3) is 0.417. The highest BCUT2D eigenvalue weighted by Gasteiger charge is 2.07. The number of nitrogens with one attached hydrogen (secondary N) is 2. The van der Waals surface area contributed by atoms with E-state index >= 15 is 0 Å². The third kappa shape index (κ3) is 2.97. The molecule has 0 fully saturated rings. The molecule has 18 heavy (non-hydrogen) atoms. The Hall–Kier alpha value is -2.11. The lowest BCUT2D eigenvalue weighted by Gasteiger charge is -2.16. The highest BCUT2D eigenvalue weighted by Crippen LogP contribution is 2.11. The summed E-state index contributed by atoms with van der Waals surface area (Å²) in [6.07, 6.45) is 3.57. The summed E-state index contributed by atoms with van der Waals surface area (Å²) in [6.45, 7) is 5.52. The van der Waals surface area contributed by atoms with Crippen LogP contribution < -0.4 is 10.2 Å². The molecule has 0 bridgehead atoms. The SMILES string of the molecule is CCNc1ccnc(N(C)Cc2ncc(C)[nH]2)n1. The normalized spacial score (nSPS) is 10.4. The zero-order valence-corrected chi connectivity index (χ0v) is 10.9. The Balaban J connectivity index is 2.08. The molecule has 0 radical (unpaired) electrons. The van der Waals surface area contributed by atoms with Gasteiger partial charge in [-0.05, 0) is 19.9 Å². The number of H-pyrrole nitrogens is 1. The van der Waals surface area contributed by atoms with E-state index < -0.39 is 0 Å². The van der Waals surface area contributed by atoms with Gasteiger partial charge in [0.1, 0.15) is 11.6 Å². The second-order valence-electron chi connectivity index (χ2n) is 4.14. The minimum absolute atomic E-state index is 0.656. The molecule has 0 spiro atoms. The summed E-state index contributed by atoms with van der Waals surface area (Å²) in [7, 11) is 1.95. The lowest BCUT2D eigenvalue weighted by Crippen LogP contribution is -2.20. The molecule has 0 aromatic carbocycles. The smallest absolute Gasteiger partial charge is 0.227 e. The van der Waals surface area contributed by atoms with E-state index in [-0.39, 0.29) is 0 Å². The predicted molar refractivity (Wildman–Crippen MR) is 71.6 cm³/mol. The van der Waals surface area contributed by atoms with E-state index in [9.17, 15) is 0 Å². The monoisotopic (exact) mass is 246 g/mol. The number of imidazole rings is 1. The molecule has 0 saturated carbocycles. The Morgan fingerprint density at radius 3 is 2.89 bits per heavy atom. The van der Waals surface area contributed by atoms with E-state index in [1.807, 2.05) is 38.1 Å². The minimum atomic E-state index is 0.656. The van der Waals surface area contributed by atoms with Crippen molar-refractivity contribution in [3.63, 3.8) is 0 Å². The van der Waals surface area contributed by atoms with E-state index in [4.69, 9.17) is 0 Å². The number of nitrogens with zero attached hydrogens (tertiary/aromatic N) is 4. The molecule has 96 valence electrons. The zero-order valence-electron chi connectivity index (χ0n) is 10.9. The molecule has 0 amide bonds. The van der Waals surface area contributed by atoms with E-state index in [0.717, 1.165) is 23.9 Å². The van der Waals surface area contributed by atoms with E-state index in [1.54, 1.807) is 6.20 Å². The van der Waals surface area contributed by atoms with Crippen molar-refractivity contribution in [3.8, 4) is 0 Å². The maximum Gasteiger partial charge on any atom is 0.227 e. The quantitative estimate of drug-likeness (QED) is 0.838. The van der Waals surface area contributed by atoms with Crippen molar-refractivity contribution >= 4 is 11.8 Å². The van der Waals surface area contributed by atoms with Crippen molar-refractivity contribution < 1.29 is 0 Å². The number of aromatic amines is 1. The van der Waals surface area contributed by atoms with E-state index in [2.05, 4.69) is 25.3 Å². The molecule has 0 atom stereocenters. The van der Waals surface area contributed by atoms with Crippen LogP contribution in [0.4, 0.5) is 11.8 Å². The standard InChI is InChI=1S/C12H18N6/c1-4-13-10-5-6-14-12(17-10)18(3)8-11-15-7-9(2)16-11/h5-7H,4,8H2,1-3H3,(H,15,16)(H,13,14,17). The molecular weight excluding hydrogens is 228 g/mol. The van der Waals surface area contributed by atoms with E-state index in [0.29, 0.717) is 12.5 Å². The van der Waals surface area contributed by atoms with Crippen LogP contribution in [0, 0.1) is 6.92 Å². The molecule has 6 nitrogen and oxygen atoms in total. The first kappa shape index (κ1) is 12.3. The van der Waals surface area contributed by atoms with Crippen LogP contribution in [0.3, 0.4) is 0 Å². The van der Waals surface area contributed by atoms with Crippen LogP contribution in [0.5, 0.6) is 0 Å². The summed E-state index contributed by atoms with van der Waals surface area (Å²) in [5.74, 6) is 2.43. The number of anilines is 2. The second-order valence-corrected chi connectivity index (χ2v) is 4.14. The van der Waals surface area contributed by atoms with Crippen molar-refractivity contribution in [2.24, 2.45) is 0 Å². The molecule has 2 rings (SSSR count). The predicted octanol–water partition coefficient (Wildman–Crippen LogP) is 1.58. The van der Waals surface area contributed by atoms with Crippen molar-refractivity contribution in [3.05, 3.63) is 30.0 Å². The first-order valence-electron chi connectivity index (χ1n) is 5.97. The Morgan fingerprint density at radius 1 is 1.39 bits per heavy atom. The summed E-state index contributed by atoms with van der Waals surface area (Å²) in [6, 6.07) is 1.86. The van der Waals surface area contributed by atoms with Gasteiger partial charge in [0, 0.05) is 31.7 Å². The van der Waals surface area contributed by atoms with Crippen molar-refractivity contribution in [2.75, 3.05) is 23.8 Å². The van der Waals surface area contributed by atoms with Crippen molar-refractivity contribution in [2.45, 2.75) is 20.4 Å². The molecule has 2 aromatic rings. The number of hydrogen-bond acceptors (Lipinski definition) is 5. The van der Waals surface area contributed by atoms with Gasteiger partial charge in [0.25, 0.3) is 0 Å². The number of aryl methyl sites for hydroxylation is 1. The van der Waals surface area contributed by atoms with Crippen LogP contribution in [0.25, 0.3) is 0 Å². The van der Waals surface area contributed by atoms with Crippen molar-refractivity contribution in [1.82, 2.24) is 19.9 Å². The summed E-state index contributed by atoms with van der Waals surface area (Å²) < 4.78 is 0. The number of rotatable bonds is 5. The molecule has 6 heteroatoms. The van der Waals surface area contributed by atoms with Gasteiger partial charge in [0.15, 0.2) is 0 Å². The maximum atomic E-state index is 4.43. The van der Waals surface area contributed by atoms with Gasteiger partial charge in [-0.25, -0.2) is 9.97 Å². The minimum Gasteiger partial charge on any atom is -0.370 e. The highest BCUT2D eigenvalue weighted by molar-refractivity contribution is 5.40. The summed E-state index contributed by atoms with van der Waals surface area (Å²) in [5.41, 5.74) is 1.06. The summed E-state index contributed by atoms with van der Waals surface area (Å²) in [5, 5.41) is 3.17. The van der Waals surface area contributed by atoms with Crippen molar-refractivity contribution in [1.29, 1.82) is 0 Å². The largest absolute Gasteiger partial charge is 0.370 e. The Morgan fingerprint density at radius 2 is 2.22 bits per heavy atom. The third-order valence-electron chi connectivity index (χ3n) is 2.48. The van der Waals surface area contributed by atoms with Crippen LogP contribution in [0.2, 0.25) is 0 Å². The average Bonchev–Trinajstić information content (AvgIpc) is 2.75. The molecule has 0 saturated heterocycles. The fourth-order valence-electron chi connectivity index (χ4n) is 1.65. The molecule has 0 aliphatic rings. The molecule has 0 aliphatic heterocycles. The first-order chi connectivity index (χ1) is 8.69. The second kappa shape index (κ2) is 5.48. The molecule has 0 unspecified atom stereocenters. The lowest BCUT2D eigenvalue weighted by atomic mass is 10.5. The first-order valence-corrected chi connectivity index (χ1v) is 5.97. The molecule has 0 aliphatic carbocycles. The average molecular weight is 246 g/mol. The van der Waals surface area contributed by atoms with Gasteiger partial charge >= 0.3 is 0 Å². The van der Waals surface area contributed by atoms with Gasteiger partial charge in [-0.3, -0.25) is 0 Å². The van der Waals surface area contributed by atoms with Gasteiger partial charge in [-0.1, -0.05) is 0 Å². The number of aromatic nitrogens is 4. The highest BCUT2D eigenvalue weighted by atomic mass is 15.3. The van der Waals surface area contributed by atoms with E-state index in [1.165, 1.54) is 0 Å². The Bertz CT molecular complexity index is 507. The summed E-state index contributed by atoms with van der Waals surface area (Å²) >= 11 is 0. The van der Waals surface area contributed by atoms with Gasteiger partial charge < -0.3 is 15.2 Å². The molecule has 2 heterocycles. The van der Waals surface area contributed by atoms with Crippen LogP contribution >= 0.6 is 0 Å². The Kier molecular flexibility index (Phi) is 3.76. The Labute approximate surface area is 106 Å². The molecule has 2 aromatic heterocycles. The topological polar surface area (TPSA) is 69.7 Å². The fourth-order valence-corrected chi connectivity index (χ4v) is 1.65. The van der Waals surface area contributed by atoms with Gasteiger partial charge in [-0.2, -0.15) is 4.98 Å².